The highest BCUT2D eigenvalue weighted by Gasteiger charge is 2.13. The predicted octanol–water partition coefficient (Wildman–Crippen LogP) is 1.34. The van der Waals surface area contributed by atoms with Crippen LogP contribution in [0.25, 0.3) is 0 Å². The Kier molecular flexibility index (Phi) is 4.16. The van der Waals surface area contributed by atoms with E-state index >= 15 is 0 Å². The highest BCUT2D eigenvalue weighted by atomic mass is 16.5. The first kappa shape index (κ1) is 11.0. The van der Waals surface area contributed by atoms with E-state index < -0.39 is 0 Å². The fourth-order valence-corrected chi connectivity index (χ4v) is 1.21. The summed E-state index contributed by atoms with van der Waals surface area (Å²) in [7, 11) is 0. The minimum atomic E-state index is 0.270. The summed E-state index contributed by atoms with van der Waals surface area (Å²) in [5.41, 5.74) is 0.270. The van der Waals surface area contributed by atoms with Crippen LogP contribution in [-0.2, 0) is 9.47 Å². The van der Waals surface area contributed by atoms with Gasteiger partial charge in [0.15, 0.2) is 0 Å². The molecule has 0 atom stereocenters. The van der Waals surface area contributed by atoms with Gasteiger partial charge in [-0.2, -0.15) is 0 Å². The van der Waals surface area contributed by atoms with Crippen LogP contribution in [0.2, 0.25) is 0 Å². The zero-order valence-corrected chi connectivity index (χ0v) is 9.01. The summed E-state index contributed by atoms with van der Waals surface area (Å²) in [5.74, 6) is 0. The summed E-state index contributed by atoms with van der Waals surface area (Å²) in [6, 6.07) is 0. The molecular formula is C10H21NO2. The number of hydrogen-bond donors (Lipinski definition) is 0. The standard InChI is InChI=1S/C10H21NO2/c1-10(2,3)8-13-9-11-4-6-12-7-5-11/h4-9H2,1-3H3. The lowest BCUT2D eigenvalue weighted by molar-refractivity contribution is -0.0483. The second-order valence-electron chi connectivity index (χ2n) is 4.77. The molecule has 0 spiro atoms. The summed E-state index contributed by atoms with van der Waals surface area (Å²) >= 11 is 0. The van der Waals surface area contributed by atoms with E-state index in [2.05, 4.69) is 25.7 Å². The molecule has 1 aliphatic heterocycles. The Hall–Kier alpha value is -0.120. The SMILES string of the molecule is CC(C)(C)COCN1CCOCC1. The molecule has 0 aromatic heterocycles. The van der Waals surface area contributed by atoms with Crippen LogP contribution in [0.3, 0.4) is 0 Å². The van der Waals surface area contributed by atoms with Crippen molar-refractivity contribution in [1.82, 2.24) is 4.90 Å². The first-order valence-corrected chi connectivity index (χ1v) is 4.96. The Morgan fingerprint density at radius 1 is 1.23 bits per heavy atom. The zero-order chi connectivity index (χ0) is 9.73. The van der Waals surface area contributed by atoms with Crippen molar-refractivity contribution in [3.63, 3.8) is 0 Å². The monoisotopic (exact) mass is 187 g/mol. The van der Waals surface area contributed by atoms with E-state index in [1.807, 2.05) is 0 Å². The number of nitrogens with zero attached hydrogens (tertiary/aromatic N) is 1. The normalized spacial score (nSPS) is 20.5. The van der Waals surface area contributed by atoms with Gasteiger partial charge in [-0.3, -0.25) is 4.90 Å². The molecule has 3 nitrogen and oxygen atoms in total. The molecule has 1 aliphatic rings. The summed E-state index contributed by atoms with van der Waals surface area (Å²) in [5, 5.41) is 0. The molecule has 0 amide bonds. The third-order valence-electron chi connectivity index (χ3n) is 1.91. The maximum absolute atomic E-state index is 5.61. The molecule has 1 rings (SSSR count). The molecule has 13 heavy (non-hydrogen) atoms. The third-order valence-corrected chi connectivity index (χ3v) is 1.91. The predicted molar refractivity (Wildman–Crippen MR) is 52.7 cm³/mol. The summed E-state index contributed by atoms with van der Waals surface area (Å²) in [6.07, 6.45) is 0. The second-order valence-corrected chi connectivity index (χ2v) is 4.77. The molecule has 0 unspecified atom stereocenters. The average molecular weight is 187 g/mol. The molecule has 1 heterocycles. The molecule has 0 aromatic rings. The van der Waals surface area contributed by atoms with Crippen molar-refractivity contribution in [2.75, 3.05) is 39.6 Å². The average Bonchev–Trinajstić information content (AvgIpc) is 2.04. The fraction of sp³-hybridized carbons (Fsp3) is 1.00. The molecule has 3 heteroatoms. The second kappa shape index (κ2) is 4.94. The molecule has 1 fully saturated rings. The van der Waals surface area contributed by atoms with Gasteiger partial charge in [-0.1, -0.05) is 20.8 Å². The highest BCUT2D eigenvalue weighted by molar-refractivity contribution is 4.61. The number of morpholine rings is 1. The lowest BCUT2D eigenvalue weighted by Gasteiger charge is -2.27. The van der Waals surface area contributed by atoms with Gasteiger partial charge in [0.1, 0.15) is 0 Å². The maximum Gasteiger partial charge on any atom is 0.0992 e. The van der Waals surface area contributed by atoms with Crippen LogP contribution in [0.15, 0.2) is 0 Å². The maximum atomic E-state index is 5.61. The molecule has 0 bridgehead atoms. The smallest absolute Gasteiger partial charge is 0.0992 e. The Labute approximate surface area is 81.0 Å². The number of hydrogen-bond acceptors (Lipinski definition) is 3. The van der Waals surface area contributed by atoms with Gasteiger partial charge in [0.05, 0.1) is 26.6 Å². The van der Waals surface area contributed by atoms with Gasteiger partial charge in [-0.25, -0.2) is 0 Å². The van der Waals surface area contributed by atoms with Crippen molar-refractivity contribution in [3.8, 4) is 0 Å². The largest absolute Gasteiger partial charge is 0.379 e. The highest BCUT2D eigenvalue weighted by Crippen LogP contribution is 2.13. The van der Waals surface area contributed by atoms with Crippen molar-refractivity contribution in [2.45, 2.75) is 20.8 Å². The van der Waals surface area contributed by atoms with Gasteiger partial charge in [0.25, 0.3) is 0 Å². The van der Waals surface area contributed by atoms with Crippen molar-refractivity contribution in [1.29, 1.82) is 0 Å². The molecule has 1 saturated heterocycles. The Balaban J connectivity index is 2.04. The molecule has 0 aromatic carbocycles. The van der Waals surface area contributed by atoms with Gasteiger partial charge in [-0.15, -0.1) is 0 Å². The first-order valence-electron chi connectivity index (χ1n) is 4.96. The number of rotatable bonds is 3. The Morgan fingerprint density at radius 2 is 1.85 bits per heavy atom. The van der Waals surface area contributed by atoms with Crippen LogP contribution < -0.4 is 0 Å². The van der Waals surface area contributed by atoms with Crippen LogP contribution in [0, 0.1) is 5.41 Å². The van der Waals surface area contributed by atoms with Crippen LogP contribution in [-0.4, -0.2) is 44.5 Å². The molecule has 0 radical (unpaired) electrons. The van der Waals surface area contributed by atoms with Gasteiger partial charge in [0, 0.05) is 13.1 Å². The van der Waals surface area contributed by atoms with Crippen LogP contribution in [0.5, 0.6) is 0 Å². The minimum absolute atomic E-state index is 0.270. The van der Waals surface area contributed by atoms with Crippen LogP contribution in [0.1, 0.15) is 20.8 Å². The molecule has 0 aliphatic carbocycles. The topological polar surface area (TPSA) is 21.7 Å². The van der Waals surface area contributed by atoms with E-state index in [-0.39, 0.29) is 5.41 Å². The first-order chi connectivity index (χ1) is 6.08. The van der Waals surface area contributed by atoms with Crippen LogP contribution >= 0.6 is 0 Å². The number of ether oxygens (including phenoxy) is 2. The molecule has 78 valence electrons. The molecule has 0 N–H and O–H groups in total. The van der Waals surface area contributed by atoms with E-state index in [0.29, 0.717) is 0 Å². The lowest BCUT2D eigenvalue weighted by atomic mass is 9.99. The molecule has 0 saturated carbocycles. The van der Waals surface area contributed by atoms with Crippen LogP contribution in [0.4, 0.5) is 0 Å². The Morgan fingerprint density at radius 3 is 2.38 bits per heavy atom. The van der Waals surface area contributed by atoms with Gasteiger partial charge in [-0.05, 0) is 5.41 Å². The quantitative estimate of drug-likeness (QED) is 0.665. The van der Waals surface area contributed by atoms with Gasteiger partial charge in [0.2, 0.25) is 0 Å². The minimum Gasteiger partial charge on any atom is -0.379 e. The van der Waals surface area contributed by atoms with E-state index in [4.69, 9.17) is 9.47 Å². The Bertz CT molecular complexity index is 136. The van der Waals surface area contributed by atoms with Crippen molar-refractivity contribution < 1.29 is 9.47 Å². The van der Waals surface area contributed by atoms with Gasteiger partial charge < -0.3 is 9.47 Å². The van der Waals surface area contributed by atoms with Crippen molar-refractivity contribution in [2.24, 2.45) is 5.41 Å². The summed E-state index contributed by atoms with van der Waals surface area (Å²) in [6.45, 7) is 11.8. The van der Waals surface area contributed by atoms with E-state index in [9.17, 15) is 0 Å². The van der Waals surface area contributed by atoms with E-state index in [1.54, 1.807) is 0 Å². The third kappa shape index (κ3) is 5.24. The zero-order valence-electron chi connectivity index (χ0n) is 9.01. The van der Waals surface area contributed by atoms with Gasteiger partial charge >= 0.3 is 0 Å². The molecular weight excluding hydrogens is 166 g/mol. The van der Waals surface area contributed by atoms with E-state index in [1.165, 1.54) is 0 Å². The lowest BCUT2D eigenvalue weighted by Crippen LogP contribution is -2.38. The van der Waals surface area contributed by atoms with E-state index in [0.717, 1.165) is 39.6 Å². The van der Waals surface area contributed by atoms with Crippen molar-refractivity contribution >= 4 is 0 Å². The summed E-state index contributed by atoms with van der Waals surface area (Å²) < 4.78 is 10.9. The van der Waals surface area contributed by atoms with Crippen molar-refractivity contribution in [3.05, 3.63) is 0 Å². The summed E-state index contributed by atoms with van der Waals surface area (Å²) in [4.78, 5) is 2.29. The fourth-order valence-electron chi connectivity index (χ4n) is 1.21.